The van der Waals surface area contributed by atoms with Crippen LogP contribution in [0.5, 0.6) is 5.75 Å². The maximum atomic E-state index is 13.7. The third kappa shape index (κ3) is 3.49. The molecule has 0 spiro atoms. The molecule has 0 aromatic carbocycles. The fourth-order valence-electron chi connectivity index (χ4n) is 4.00. The first-order chi connectivity index (χ1) is 14.5. The molecule has 2 aromatic heterocycles. The monoisotopic (exact) mass is 420 g/mol. The third-order valence-electron chi connectivity index (χ3n) is 5.45. The van der Waals surface area contributed by atoms with Gasteiger partial charge >= 0.3 is 6.61 Å². The third-order valence-corrected chi connectivity index (χ3v) is 5.45. The number of pyridine rings is 1. The molecule has 2 saturated heterocycles. The fraction of sp³-hybridized carbons (Fsp3) is 0.421. The maximum Gasteiger partial charge on any atom is 0.387 e. The number of hydrogen-bond donors (Lipinski definition) is 1. The Kier molecular flexibility index (Phi) is 4.61. The van der Waals surface area contributed by atoms with Gasteiger partial charge in [0.1, 0.15) is 11.6 Å². The topological polar surface area (TPSA) is 89.6 Å². The van der Waals surface area contributed by atoms with Gasteiger partial charge in [-0.25, -0.2) is 14.4 Å². The number of nitrogens with zero attached hydrogens (tertiary/aromatic N) is 5. The van der Waals surface area contributed by atoms with E-state index in [1.54, 1.807) is 11.0 Å². The number of anilines is 3. The van der Waals surface area contributed by atoms with Gasteiger partial charge in [0, 0.05) is 30.9 Å². The number of hydrogen-bond acceptors (Lipinski definition) is 8. The summed E-state index contributed by atoms with van der Waals surface area (Å²) in [5.41, 5.74) is 6.55. The molecular weight excluding hydrogens is 401 g/mol. The van der Waals surface area contributed by atoms with Crippen molar-refractivity contribution in [3.8, 4) is 17.0 Å². The summed E-state index contributed by atoms with van der Waals surface area (Å²) < 4.78 is 49.2. The highest BCUT2D eigenvalue weighted by Crippen LogP contribution is 2.35. The normalized spacial score (nSPS) is 22.9. The van der Waals surface area contributed by atoms with Gasteiger partial charge in [0.15, 0.2) is 11.6 Å². The molecule has 0 saturated carbocycles. The van der Waals surface area contributed by atoms with Gasteiger partial charge in [-0.15, -0.1) is 0 Å². The summed E-state index contributed by atoms with van der Waals surface area (Å²) in [7, 11) is 0. The van der Waals surface area contributed by atoms with Crippen LogP contribution in [0.4, 0.5) is 30.8 Å². The van der Waals surface area contributed by atoms with Gasteiger partial charge in [-0.05, 0) is 18.6 Å². The van der Waals surface area contributed by atoms with E-state index in [0.29, 0.717) is 42.7 Å². The average Bonchev–Trinajstić information content (AvgIpc) is 3.46. The second-order valence-corrected chi connectivity index (χ2v) is 7.43. The summed E-state index contributed by atoms with van der Waals surface area (Å²) in [5.74, 6) is 0.399. The van der Waals surface area contributed by atoms with Gasteiger partial charge in [-0.2, -0.15) is 13.8 Å². The van der Waals surface area contributed by atoms with E-state index in [1.807, 2.05) is 0 Å². The predicted molar refractivity (Wildman–Crippen MR) is 103 cm³/mol. The van der Waals surface area contributed by atoms with Crippen LogP contribution >= 0.6 is 0 Å². The molecule has 2 bridgehead atoms. The number of fused-ring (bicyclic) bond motifs is 2. The molecule has 0 amide bonds. The van der Waals surface area contributed by atoms with Crippen molar-refractivity contribution in [2.24, 2.45) is 0 Å². The van der Waals surface area contributed by atoms with Gasteiger partial charge in [0.05, 0.1) is 31.0 Å². The Bertz CT molecular complexity index is 1000. The predicted octanol–water partition coefficient (Wildman–Crippen LogP) is 2.37. The molecule has 5 rings (SSSR count). The highest BCUT2D eigenvalue weighted by molar-refractivity contribution is 5.68. The molecule has 3 aliphatic rings. The van der Waals surface area contributed by atoms with Crippen molar-refractivity contribution in [1.82, 2.24) is 15.0 Å². The Morgan fingerprint density at radius 2 is 2.13 bits per heavy atom. The quantitative estimate of drug-likeness (QED) is 0.789. The molecule has 2 aromatic rings. The Morgan fingerprint density at radius 3 is 2.80 bits per heavy atom. The molecule has 2 unspecified atom stereocenters. The summed E-state index contributed by atoms with van der Waals surface area (Å²) in [5, 5.41) is 0. The standard InChI is InChI=1S/C19H19F3N6O2/c20-11-1-2-27(7-11)19-25-14(10-3-15(30-18(21)22)17(23)24-6-10)5-16(26-19)28-8-13-4-12(28)9-29-13/h1,3,5-6,12-13,18H,2,4,7-9H2,(H2,23,24). The Balaban J connectivity index is 1.55. The van der Waals surface area contributed by atoms with Crippen LogP contribution in [0.3, 0.4) is 0 Å². The Labute approximate surface area is 170 Å². The molecule has 3 aliphatic heterocycles. The van der Waals surface area contributed by atoms with Crippen molar-refractivity contribution in [1.29, 1.82) is 0 Å². The lowest BCUT2D eigenvalue weighted by Crippen LogP contribution is -2.38. The van der Waals surface area contributed by atoms with E-state index in [9.17, 15) is 13.2 Å². The molecule has 0 aliphatic carbocycles. The van der Waals surface area contributed by atoms with Crippen LogP contribution in [0, 0.1) is 0 Å². The fourth-order valence-corrected chi connectivity index (χ4v) is 4.00. The molecular formula is C19H19F3N6O2. The van der Waals surface area contributed by atoms with Crippen molar-refractivity contribution in [3.63, 3.8) is 0 Å². The van der Waals surface area contributed by atoms with Crippen molar-refractivity contribution in [3.05, 3.63) is 30.2 Å². The van der Waals surface area contributed by atoms with Crippen LogP contribution in [0.15, 0.2) is 30.2 Å². The van der Waals surface area contributed by atoms with E-state index < -0.39 is 6.61 Å². The molecule has 158 valence electrons. The number of nitrogens with two attached hydrogens (primary N) is 1. The minimum atomic E-state index is -3.03. The lowest BCUT2D eigenvalue weighted by molar-refractivity contribution is -0.0494. The zero-order valence-electron chi connectivity index (χ0n) is 15.8. The van der Waals surface area contributed by atoms with Crippen LogP contribution < -0.4 is 20.3 Å². The number of aromatic nitrogens is 3. The van der Waals surface area contributed by atoms with Crippen LogP contribution in [-0.4, -0.2) is 60.0 Å². The minimum Gasteiger partial charge on any atom is -0.431 e. The Hall–Kier alpha value is -3.08. The number of halogens is 3. The van der Waals surface area contributed by atoms with Gasteiger partial charge < -0.3 is 25.0 Å². The zero-order chi connectivity index (χ0) is 20.8. The van der Waals surface area contributed by atoms with E-state index in [-0.39, 0.29) is 36.1 Å². The van der Waals surface area contributed by atoms with E-state index in [2.05, 4.69) is 24.6 Å². The lowest BCUT2D eigenvalue weighted by Gasteiger charge is -2.29. The molecule has 2 N–H and O–H groups in total. The molecule has 8 nitrogen and oxygen atoms in total. The van der Waals surface area contributed by atoms with Crippen LogP contribution in [0.2, 0.25) is 0 Å². The number of morpholine rings is 1. The largest absolute Gasteiger partial charge is 0.431 e. The second-order valence-electron chi connectivity index (χ2n) is 7.43. The first-order valence-corrected chi connectivity index (χ1v) is 9.54. The number of alkyl halides is 2. The SMILES string of the molecule is Nc1ncc(-c2cc(N3CC4CC3CO4)nc(N3CC=C(F)C3)n2)cc1OC(F)F. The first kappa shape index (κ1) is 18.9. The first-order valence-electron chi connectivity index (χ1n) is 9.54. The number of rotatable bonds is 5. The van der Waals surface area contributed by atoms with E-state index in [1.165, 1.54) is 18.3 Å². The Morgan fingerprint density at radius 1 is 1.27 bits per heavy atom. The molecule has 30 heavy (non-hydrogen) atoms. The zero-order valence-corrected chi connectivity index (χ0v) is 15.8. The molecule has 11 heteroatoms. The molecule has 0 radical (unpaired) electrons. The van der Waals surface area contributed by atoms with Gasteiger partial charge in [0.25, 0.3) is 0 Å². The second kappa shape index (κ2) is 7.31. The van der Waals surface area contributed by atoms with E-state index in [4.69, 9.17) is 10.5 Å². The number of ether oxygens (including phenoxy) is 2. The summed E-state index contributed by atoms with van der Waals surface area (Å²) in [6, 6.07) is 3.34. The maximum absolute atomic E-state index is 13.7. The summed E-state index contributed by atoms with van der Waals surface area (Å²) in [4.78, 5) is 17.0. The minimum absolute atomic E-state index is 0.0811. The summed E-state index contributed by atoms with van der Waals surface area (Å²) in [6.45, 7) is -1.27. The highest BCUT2D eigenvalue weighted by atomic mass is 19.3. The van der Waals surface area contributed by atoms with Gasteiger partial charge in [0.2, 0.25) is 5.95 Å². The van der Waals surface area contributed by atoms with Gasteiger partial charge in [-0.1, -0.05) is 0 Å². The van der Waals surface area contributed by atoms with Gasteiger partial charge in [-0.3, -0.25) is 0 Å². The summed E-state index contributed by atoms with van der Waals surface area (Å²) in [6.07, 6.45) is 3.99. The summed E-state index contributed by atoms with van der Waals surface area (Å²) >= 11 is 0. The van der Waals surface area contributed by atoms with Crippen LogP contribution in [0.25, 0.3) is 11.3 Å². The van der Waals surface area contributed by atoms with Crippen molar-refractivity contribution in [2.45, 2.75) is 25.2 Å². The van der Waals surface area contributed by atoms with Crippen molar-refractivity contribution < 1.29 is 22.6 Å². The molecule has 2 fully saturated rings. The highest BCUT2D eigenvalue weighted by Gasteiger charge is 2.40. The smallest absolute Gasteiger partial charge is 0.387 e. The average molecular weight is 420 g/mol. The van der Waals surface area contributed by atoms with Crippen molar-refractivity contribution >= 4 is 17.6 Å². The molecule has 2 atom stereocenters. The van der Waals surface area contributed by atoms with Crippen molar-refractivity contribution in [2.75, 3.05) is 41.8 Å². The van der Waals surface area contributed by atoms with Crippen LogP contribution in [-0.2, 0) is 4.74 Å². The van der Waals surface area contributed by atoms with Crippen LogP contribution in [0.1, 0.15) is 6.42 Å². The molecule has 5 heterocycles. The van der Waals surface area contributed by atoms with E-state index in [0.717, 1.165) is 6.42 Å². The van der Waals surface area contributed by atoms with E-state index >= 15 is 0 Å². The lowest BCUT2D eigenvalue weighted by atomic mass is 10.2. The number of nitrogen functional groups attached to an aromatic ring is 1.